The minimum Gasteiger partial charge on any atom is -0.333 e. The van der Waals surface area contributed by atoms with Gasteiger partial charge in [0.25, 0.3) is 5.91 Å². The fourth-order valence-electron chi connectivity index (χ4n) is 2.13. The minimum absolute atomic E-state index is 0.0494. The van der Waals surface area contributed by atoms with Crippen LogP contribution in [0.3, 0.4) is 0 Å². The Kier molecular flexibility index (Phi) is 4.25. The van der Waals surface area contributed by atoms with E-state index in [1.54, 1.807) is 0 Å². The summed E-state index contributed by atoms with van der Waals surface area (Å²) in [6.07, 6.45) is 0.964. The number of benzene rings is 1. The highest BCUT2D eigenvalue weighted by molar-refractivity contribution is 6.33. The Balaban J connectivity index is 2.21. The summed E-state index contributed by atoms with van der Waals surface area (Å²) < 4.78 is 0. The minimum atomic E-state index is 0.0494. The molecule has 0 atom stereocenters. The fraction of sp³-hybridized carbons (Fsp3) is 0.500. The van der Waals surface area contributed by atoms with Crippen LogP contribution in [0.4, 0.5) is 0 Å². The standard InChI is InChI=1S/C14H19ClN2O/c1-3-6-17(11-8-16-9-11)14(18)12-5-4-10(2)7-13(12)15/h4-5,7,11,16H,3,6,8-9H2,1-2H3. The molecule has 3 nitrogen and oxygen atoms in total. The number of nitrogens with one attached hydrogen (secondary N) is 1. The summed E-state index contributed by atoms with van der Waals surface area (Å²) in [6, 6.07) is 5.92. The Morgan fingerprint density at radius 1 is 1.50 bits per heavy atom. The number of rotatable bonds is 4. The predicted octanol–water partition coefficient (Wildman–Crippen LogP) is 2.47. The van der Waals surface area contributed by atoms with Crippen LogP contribution in [0.5, 0.6) is 0 Å². The van der Waals surface area contributed by atoms with Crippen LogP contribution < -0.4 is 5.32 Å². The highest BCUT2D eigenvalue weighted by atomic mass is 35.5. The van der Waals surface area contributed by atoms with Crippen LogP contribution >= 0.6 is 11.6 Å². The van der Waals surface area contributed by atoms with Crippen molar-refractivity contribution < 1.29 is 4.79 Å². The van der Waals surface area contributed by atoms with Gasteiger partial charge in [0.15, 0.2) is 0 Å². The molecule has 18 heavy (non-hydrogen) atoms. The monoisotopic (exact) mass is 266 g/mol. The quantitative estimate of drug-likeness (QED) is 0.908. The largest absolute Gasteiger partial charge is 0.333 e. The molecular formula is C14H19ClN2O. The summed E-state index contributed by atoms with van der Waals surface area (Å²) in [5, 5.41) is 3.75. The van der Waals surface area contributed by atoms with Crippen LogP contribution in [0, 0.1) is 6.92 Å². The topological polar surface area (TPSA) is 32.3 Å². The number of nitrogens with zero attached hydrogens (tertiary/aromatic N) is 1. The van der Waals surface area contributed by atoms with Crippen LogP contribution in [0.25, 0.3) is 0 Å². The van der Waals surface area contributed by atoms with Gasteiger partial charge in [-0.15, -0.1) is 0 Å². The highest BCUT2D eigenvalue weighted by Gasteiger charge is 2.29. The number of hydrogen-bond acceptors (Lipinski definition) is 2. The summed E-state index contributed by atoms with van der Waals surface area (Å²) in [6.45, 7) is 6.61. The van der Waals surface area contributed by atoms with Crippen LogP contribution in [-0.2, 0) is 0 Å². The Labute approximate surface area is 113 Å². The molecule has 0 spiro atoms. The van der Waals surface area contributed by atoms with Crippen LogP contribution in [0.1, 0.15) is 29.3 Å². The third-order valence-corrected chi connectivity index (χ3v) is 3.59. The van der Waals surface area contributed by atoms with E-state index < -0.39 is 0 Å². The number of carbonyl (C=O) groups excluding carboxylic acids is 1. The number of carbonyl (C=O) groups is 1. The first-order valence-electron chi connectivity index (χ1n) is 6.41. The van der Waals surface area contributed by atoms with E-state index in [9.17, 15) is 4.79 Å². The molecule has 1 aliphatic heterocycles. The molecule has 1 saturated heterocycles. The zero-order chi connectivity index (χ0) is 13.1. The van der Waals surface area contributed by atoms with Crippen molar-refractivity contribution in [1.29, 1.82) is 0 Å². The molecule has 1 aliphatic rings. The van der Waals surface area contributed by atoms with E-state index >= 15 is 0 Å². The Morgan fingerprint density at radius 2 is 2.22 bits per heavy atom. The van der Waals surface area contributed by atoms with Gasteiger partial charge in [-0.1, -0.05) is 24.6 Å². The lowest BCUT2D eigenvalue weighted by Crippen LogP contribution is -2.59. The Hall–Kier alpha value is -1.06. The second-order valence-corrected chi connectivity index (χ2v) is 5.20. The second kappa shape index (κ2) is 5.72. The molecule has 1 fully saturated rings. The van der Waals surface area contributed by atoms with E-state index in [2.05, 4.69) is 12.2 Å². The van der Waals surface area contributed by atoms with Gasteiger partial charge in [-0.25, -0.2) is 0 Å². The molecule has 1 heterocycles. The lowest BCUT2D eigenvalue weighted by atomic mass is 10.1. The molecule has 0 radical (unpaired) electrons. The van der Waals surface area contributed by atoms with Gasteiger partial charge in [-0.3, -0.25) is 4.79 Å². The zero-order valence-electron chi connectivity index (χ0n) is 10.9. The molecule has 1 aromatic rings. The van der Waals surface area contributed by atoms with Crippen LogP contribution in [0.2, 0.25) is 5.02 Å². The van der Waals surface area contributed by atoms with Gasteiger partial charge in [0.1, 0.15) is 0 Å². The predicted molar refractivity (Wildman–Crippen MR) is 74.2 cm³/mol. The SMILES string of the molecule is CCCN(C(=O)c1ccc(C)cc1Cl)C1CNC1. The van der Waals surface area contributed by atoms with E-state index in [1.165, 1.54) is 0 Å². The number of halogens is 1. The van der Waals surface area contributed by atoms with Gasteiger partial charge >= 0.3 is 0 Å². The first-order chi connectivity index (χ1) is 8.63. The van der Waals surface area contributed by atoms with E-state index in [-0.39, 0.29) is 5.91 Å². The van der Waals surface area contributed by atoms with E-state index in [0.717, 1.165) is 31.6 Å². The van der Waals surface area contributed by atoms with Crippen LogP contribution in [0.15, 0.2) is 18.2 Å². The molecule has 1 amide bonds. The molecule has 1 aromatic carbocycles. The third kappa shape index (κ3) is 2.68. The molecule has 0 bridgehead atoms. The second-order valence-electron chi connectivity index (χ2n) is 4.79. The van der Waals surface area contributed by atoms with Crippen molar-refractivity contribution in [1.82, 2.24) is 10.2 Å². The van der Waals surface area contributed by atoms with Gasteiger partial charge in [-0.2, -0.15) is 0 Å². The molecule has 98 valence electrons. The van der Waals surface area contributed by atoms with Crippen molar-refractivity contribution in [3.05, 3.63) is 34.3 Å². The van der Waals surface area contributed by atoms with Gasteiger partial charge in [0, 0.05) is 19.6 Å². The van der Waals surface area contributed by atoms with Crippen molar-refractivity contribution in [3.63, 3.8) is 0 Å². The van der Waals surface area contributed by atoms with Crippen molar-refractivity contribution in [2.45, 2.75) is 26.3 Å². The van der Waals surface area contributed by atoms with Crippen molar-refractivity contribution in [2.75, 3.05) is 19.6 Å². The molecule has 0 aromatic heterocycles. The zero-order valence-corrected chi connectivity index (χ0v) is 11.6. The van der Waals surface area contributed by atoms with Crippen molar-refractivity contribution >= 4 is 17.5 Å². The lowest BCUT2D eigenvalue weighted by molar-refractivity contribution is 0.0616. The van der Waals surface area contributed by atoms with Gasteiger partial charge in [0.2, 0.25) is 0 Å². The van der Waals surface area contributed by atoms with E-state index in [4.69, 9.17) is 11.6 Å². The first-order valence-corrected chi connectivity index (χ1v) is 6.79. The average molecular weight is 267 g/mol. The maximum absolute atomic E-state index is 12.5. The molecule has 0 saturated carbocycles. The van der Waals surface area contributed by atoms with Crippen LogP contribution in [-0.4, -0.2) is 36.5 Å². The smallest absolute Gasteiger partial charge is 0.255 e. The molecule has 1 N–H and O–H groups in total. The molecular weight excluding hydrogens is 248 g/mol. The molecule has 0 aliphatic carbocycles. The highest BCUT2D eigenvalue weighted by Crippen LogP contribution is 2.21. The maximum Gasteiger partial charge on any atom is 0.255 e. The van der Waals surface area contributed by atoms with Gasteiger partial charge < -0.3 is 10.2 Å². The average Bonchev–Trinajstić information content (AvgIpc) is 2.25. The van der Waals surface area contributed by atoms with Gasteiger partial charge in [-0.05, 0) is 31.0 Å². The summed E-state index contributed by atoms with van der Waals surface area (Å²) in [7, 11) is 0. The summed E-state index contributed by atoms with van der Waals surface area (Å²) in [4.78, 5) is 14.5. The fourth-order valence-corrected chi connectivity index (χ4v) is 2.45. The lowest BCUT2D eigenvalue weighted by Gasteiger charge is -2.38. The summed E-state index contributed by atoms with van der Waals surface area (Å²) in [5.74, 6) is 0.0494. The number of aryl methyl sites for hydroxylation is 1. The normalized spacial score (nSPS) is 15.3. The summed E-state index contributed by atoms with van der Waals surface area (Å²) in [5.41, 5.74) is 1.69. The molecule has 2 rings (SSSR count). The molecule has 4 heteroatoms. The van der Waals surface area contributed by atoms with E-state index in [0.29, 0.717) is 16.6 Å². The third-order valence-electron chi connectivity index (χ3n) is 3.28. The Morgan fingerprint density at radius 3 is 2.72 bits per heavy atom. The van der Waals surface area contributed by atoms with E-state index in [1.807, 2.05) is 30.0 Å². The van der Waals surface area contributed by atoms with Crippen molar-refractivity contribution in [2.24, 2.45) is 0 Å². The maximum atomic E-state index is 12.5. The van der Waals surface area contributed by atoms with Crippen molar-refractivity contribution in [3.8, 4) is 0 Å². The molecule has 0 unspecified atom stereocenters. The number of amides is 1. The number of hydrogen-bond donors (Lipinski definition) is 1. The summed E-state index contributed by atoms with van der Waals surface area (Å²) >= 11 is 6.17. The Bertz CT molecular complexity index is 443. The first kappa shape index (κ1) is 13.4. The van der Waals surface area contributed by atoms with Gasteiger partial charge in [0.05, 0.1) is 16.6 Å².